The molecule has 114 valence electrons. The molecule has 0 spiro atoms. The lowest BCUT2D eigenvalue weighted by molar-refractivity contribution is -0.384. The van der Waals surface area contributed by atoms with Crippen molar-refractivity contribution < 1.29 is 9.72 Å². The van der Waals surface area contributed by atoms with Crippen LogP contribution in [-0.4, -0.2) is 41.4 Å². The highest BCUT2D eigenvalue weighted by Gasteiger charge is 2.22. The zero-order chi connectivity index (χ0) is 15.4. The maximum atomic E-state index is 12.3. The van der Waals surface area contributed by atoms with Gasteiger partial charge in [0.1, 0.15) is 0 Å². The minimum Gasteiger partial charge on any atom is -0.348 e. The lowest BCUT2D eigenvalue weighted by atomic mass is 10.0. The lowest BCUT2D eigenvalue weighted by Crippen LogP contribution is -2.47. The third-order valence-corrected chi connectivity index (χ3v) is 4.63. The Bertz CT molecular complexity index is 550. The van der Waals surface area contributed by atoms with Crippen molar-refractivity contribution in [3.05, 3.63) is 37.4 Å². The van der Waals surface area contributed by atoms with Gasteiger partial charge in [-0.15, -0.1) is 0 Å². The molecule has 6 nitrogen and oxygen atoms in total. The highest BCUT2D eigenvalue weighted by Crippen LogP contribution is 2.20. The van der Waals surface area contributed by atoms with Crippen LogP contribution in [0, 0.1) is 13.7 Å². The smallest absolute Gasteiger partial charge is 0.270 e. The van der Waals surface area contributed by atoms with Crippen molar-refractivity contribution in [1.29, 1.82) is 0 Å². The van der Waals surface area contributed by atoms with E-state index in [1.54, 1.807) is 6.07 Å². The molecule has 0 aliphatic carbocycles. The summed E-state index contributed by atoms with van der Waals surface area (Å²) in [5.74, 6) is -0.231. The van der Waals surface area contributed by atoms with E-state index in [1.807, 2.05) is 22.6 Å². The van der Waals surface area contributed by atoms with E-state index in [-0.39, 0.29) is 17.6 Å². The molecule has 1 unspecified atom stereocenters. The van der Waals surface area contributed by atoms with Gasteiger partial charge in [0, 0.05) is 28.3 Å². The van der Waals surface area contributed by atoms with Crippen molar-refractivity contribution in [2.45, 2.75) is 25.8 Å². The summed E-state index contributed by atoms with van der Waals surface area (Å²) in [6.45, 7) is 4.99. The molecular formula is C14H18IN3O3. The summed E-state index contributed by atoms with van der Waals surface area (Å²) in [6.07, 6.45) is 2.01. The summed E-state index contributed by atoms with van der Waals surface area (Å²) in [6, 6.07) is 4.48. The lowest BCUT2D eigenvalue weighted by Gasteiger charge is -2.32. The molecule has 1 aliphatic rings. The number of piperidine rings is 1. The van der Waals surface area contributed by atoms with E-state index in [0.29, 0.717) is 5.56 Å². The van der Waals surface area contributed by atoms with Crippen LogP contribution in [0.15, 0.2) is 18.2 Å². The zero-order valence-corrected chi connectivity index (χ0v) is 14.0. The minimum atomic E-state index is -0.480. The quantitative estimate of drug-likeness (QED) is 0.476. The molecule has 1 atom stereocenters. The van der Waals surface area contributed by atoms with Gasteiger partial charge >= 0.3 is 0 Å². The van der Waals surface area contributed by atoms with Gasteiger partial charge in [-0.3, -0.25) is 14.9 Å². The molecule has 1 amide bonds. The number of rotatable bonds is 4. The van der Waals surface area contributed by atoms with E-state index in [2.05, 4.69) is 17.1 Å². The molecule has 1 N–H and O–H groups in total. The Morgan fingerprint density at radius 3 is 3.00 bits per heavy atom. The molecule has 1 aliphatic heterocycles. The first-order valence-corrected chi connectivity index (χ1v) is 8.06. The Morgan fingerprint density at radius 1 is 1.57 bits per heavy atom. The standard InChI is InChI=1S/C14H18IN3O3/c1-2-17-7-3-4-10(9-17)16-14(19)12-8-11(18(20)21)5-6-13(12)15/h5-6,8,10H,2-4,7,9H2,1H3,(H,16,19). The number of hydrogen-bond acceptors (Lipinski definition) is 4. The van der Waals surface area contributed by atoms with Gasteiger partial charge in [-0.25, -0.2) is 0 Å². The molecule has 1 aromatic carbocycles. The van der Waals surface area contributed by atoms with Crippen molar-refractivity contribution in [2.75, 3.05) is 19.6 Å². The van der Waals surface area contributed by atoms with Gasteiger partial charge in [0.2, 0.25) is 0 Å². The molecule has 2 rings (SSSR count). The predicted octanol–water partition coefficient (Wildman–Crippen LogP) is 2.41. The van der Waals surface area contributed by atoms with E-state index in [0.717, 1.165) is 36.0 Å². The van der Waals surface area contributed by atoms with Crippen LogP contribution in [0.25, 0.3) is 0 Å². The SMILES string of the molecule is CCN1CCCC(NC(=O)c2cc([N+](=O)[O-])ccc2I)C1. The second kappa shape index (κ2) is 7.17. The molecular weight excluding hydrogens is 385 g/mol. The van der Waals surface area contributed by atoms with Crippen LogP contribution >= 0.6 is 22.6 Å². The average molecular weight is 403 g/mol. The van der Waals surface area contributed by atoms with E-state index in [4.69, 9.17) is 0 Å². The number of nitro groups is 1. The van der Waals surface area contributed by atoms with Crippen LogP contribution < -0.4 is 5.32 Å². The monoisotopic (exact) mass is 403 g/mol. The van der Waals surface area contributed by atoms with Crippen molar-refractivity contribution in [3.8, 4) is 0 Å². The Kier molecular flexibility index (Phi) is 5.51. The van der Waals surface area contributed by atoms with Crippen LogP contribution in [0.4, 0.5) is 5.69 Å². The van der Waals surface area contributed by atoms with Crippen molar-refractivity contribution >= 4 is 34.2 Å². The van der Waals surface area contributed by atoms with E-state index in [1.165, 1.54) is 12.1 Å². The second-order valence-electron chi connectivity index (χ2n) is 5.13. The highest BCUT2D eigenvalue weighted by molar-refractivity contribution is 14.1. The summed E-state index contributed by atoms with van der Waals surface area (Å²) in [5.41, 5.74) is 0.317. The van der Waals surface area contributed by atoms with Crippen molar-refractivity contribution in [2.24, 2.45) is 0 Å². The number of likely N-dealkylation sites (N-methyl/N-ethyl adjacent to an activating group) is 1. The fourth-order valence-electron chi connectivity index (χ4n) is 2.52. The molecule has 21 heavy (non-hydrogen) atoms. The van der Waals surface area contributed by atoms with Gasteiger partial charge in [0.15, 0.2) is 0 Å². The maximum Gasteiger partial charge on any atom is 0.270 e. The van der Waals surface area contributed by atoms with Gasteiger partial charge in [-0.1, -0.05) is 6.92 Å². The van der Waals surface area contributed by atoms with Crippen LogP contribution in [-0.2, 0) is 0 Å². The number of carbonyl (C=O) groups excluding carboxylic acids is 1. The van der Waals surface area contributed by atoms with E-state index >= 15 is 0 Å². The molecule has 1 aromatic rings. The number of halogens is 1. The van der Waals surface area contributed by atoms with Crippen LogP contribution in [0.3, 0.4) is 0 Å². The van der Waals surface area contributed by atoms with Gasteiger partial charge < -0.3 is 10.2 Å². The van der Waals surface area contributed by atoms with Gasteiger partial charge in [0.05, 0.1) is 10.5 Å². The Balaban J connectivity index is 2.09. The number of likely N-dealkylation sites (tertiary alicyclic amines) is 1. The molecule has 1 heterocycles. The summed E-state index contributed by atoms with van der Waals surface area (Å²) in [7, 11) is 0. The van der Waals surface area contributed by atoms with Crippen LogP contribution in [0.1, 0.15) is 30.1 Å². The Labute approximate surface area is 137 Å². The first-order valence-electron chi connectivity index (χ1n) is 6.98. The molecule has 0 bridgehead atoms. The van der Waals surface area contributed by atoms with Gasteiger partial charge in [-0.05, 0) is 54.6 Å². The van der Waals surface area contributed by atoms with Crippen molar-refractivity contribution in [1.82, 2.24) is 10.2 Å². The number of hydrogen-bond donors (Lipinski definition) is 1. The van der Waals surface area contributed by atoms with Crippen molar-refractivity contribution in [3.63, 3.8) is 0 Å². The summed E-state index contributed by atoms with van der Waals surface area (Å²) in [4.78, 5) is 25.0. The number of non-ortho nitro benzene ring substituents is 1. The summed E-state index contributed by atoms with van der Waals surface area (Å²) in [5, 5.41) is 13.8. The number of benzene rings is 1. The van der Waals surface area contributed by atoms with Gasteiger partial charge in [0.25, 0.3) is 11.6 Å². The second-order valence-corrected chi connectivity index (χ2v) is 6.29. The minimum absolute atomic E-state index is 0.0561. The predicted molar refractivity (Wildman–Crippen MR) is 88.4 cm³/mol. The molecule has 0 aromatic heterocycles. The van der Waals surface area contributed by atoms with E-state index < -0.39 is 4.92 Å². The largest absolute Gasteiger partial charge is 0.348 e. The number of nitro benzene ring substituents is 1. The van der Waals surface area contributed by atoms with Crippen LogP contribution in [0.2, 0.25) is 0 Å². The summed E-state index contributed by atoms with van der Waals surface area (Å²) < 4.78 is 0.721. The average Bonchev–Trinajstić information content (AvgIpc) is 2.47. The third kappa shape index (κ3) is 4.13. The Morgan fingerprint density at radius 2 is 2.33 bits per heavy atom. The normalized spacial score (nSPS) is 19.2. The van der Waals surface area contributed by atoms with Crippen LogP contribution in [0.5, 0.6) is 0 Å². The number of amides is 1. The fraction of sp³-hybridized carbons (Fsp3) is 0.500. The summed E-state index contributed by atoms with van der Waals surface area (Å²) >= 11 is 2.03. The zero-order valence-electron chi connectivity index (χ0n) is 11.8. The van der Waals surface area contributed by atoms with Gasteiger partial charge in [-0.2, -0.15) is 0 Å². The molecule has 0 radical (unpaired) electrons. The van der Waals surface area contributed by atoms with E-state index in [9.17, 15) is 14.9 Å². The number of nitrogens with one attached hydrogen (secondary N) is 1. The third-order valence-electron chi connectivity index (χ3n) is 3.69. The Hall–Kier alpha value is -1.22. The topological polar surface area (TPSA) is 75.5 Å². The molecule has 1 fully saturated rings. The first kappa shape index (κ1) is 16.2. The fourth-order valence-corrected chi connectivity index (χ4v) is 3.10. The molecule has 0 saturated carbocycles. The number of nitrogens with zero attached hydrogens (tertiary/aromatic N) is 2. The highest BCUT2D eigenvalue weighted by atomic mass is 127. The maximum absolute atomic E-state index is 12.3. The molecule has 1 saturated heterocycles. The molecule has 7 heteroatoms. The first-order chi connectivity index (χ1) is 10.0. The number of carbonyl (C=O) groups is 1.